The number of hydrogen-bond acceptors (Lipinski definition) is 3. The van der Waals surface area contributed by atoms with Gasteiger partial charge in [-0.05, 0) is 34.5 Å². The maximum Gasteiger partial charge on any atom is 0.224 e. The normalized spacial score (nSPS) is 13.9. The number of nitrogens with one attached hydrogen (secondary N) is 2. The summed E-state index contributed by atoms with van der Waals surface area (Å²) in [6, 6.07) is 0. The molecule has 1 amide bonds. The Morgan fingerprint density at radius 1 is 1.38 bits per heavy atom. The maximum atomic E-state index is 11.7. The van der Waals surface area contributed by atoms with Crippen LogP contribution in [0.15, 0.2) is 0 Å². The Labute approximate surface area is 99.8 Å². The first kappa shape index (κ1) is 15.4. The van der Waals surface area contributed by atoms with Gasteiger partial charge in [-0.1, -0.05) is 13.8 Å². The van der Waals surface area contributed by atoms with Gasteiger partial charge >= 0.3 is 0 Å². The third kappa shape index (κ3) is 5.47. The van der Waals surface area contributed by atoms with Crippen LogP contribution in [0.3, 0.4) is 0 Å². The summed E-state index contributed by atoms with van der Waals surface area (Å²) < 4.78 is 0. The van der Waals surface area contributed by atoms with Crippen LogP contribution >= 0.6 is 0 Å². The molecule has 4 nitrogen and oxygen atoms in total. The van der Waals surface area contributed by atoms with Crippen LogP contribution in [0.2, 0.25) is 0 Å². The van der Waals surface area contributed by atoms with E-state index in [1.165, 1.54) is 0 Å². The van der Waals surface area contributed by atoms with E-state index < -0.39 is 0 Å². The van der Waals surface area contributed by atoms with E-state index >= 15 is 0 Å². The zero-order valence-corrected chi connectivity index (χ0v) is 11.6. The molecule has 0 rings (SSSR count). The monoisotopic (exact) mass is 229 g/mol. The van der Waals surface area contributed by atoms with Gasteiger partial charge in [-0.2, -0.15) is 0 Å². The summed E-state index contributed by atoms with van der Waals surface area (Å²) in [5, 5.41) is 6.17. The standard InChI is InChI=1S/C12H27N3O/c1-7-13-8-10(2)11(16)14-9-12(3,4)15(5)6/h10,13H,7-9H2,1-6H3,(H,14,16). The molecule has 1 atom stereocenters. The third-order valence-corrected chi connectivity index (χ3v) is 3.05. The first-order chi connectivity index (χ1) is 7.31. The highest BCUT2D eigenvalue weighted by molar-refractivity contribution is 5.78. The lowest BCUT2D eigenvalue weighted by Gasteiger charge is -2.33. The molecular formula is C12H27N3O. The Morgan fingerprint density at radius 3 is 2.38 bits per heavy atom. The average molecular weight is 229 g/mol. The number of likely N-dealkylation sites (N-methyl/N-ethyl adjacent to an activating group) is 1. The molecule has 0 spiro atoms. The topological polar surface area (TPSA) is 44.4 Å². The Bertz CT molecular complexity index is 214. The lowest BCUT2D eigenvalue weighted by molar-refractivity contribution is -0.124. The molecule has 0 aliphatic carbocycles. The van der Waals surface area contributed by atoms with Crippen molar-refractivity contribution in [2.45, 2.75) is 33.2 Å². The van der Waals surface area contributed by atoms with E-state index in [0.29, 0.717) is 6.54 Å². The second-order valence-corrected chi connectivity index (χ2v) is 5.13. The zero-order valence-electron chi connectivity index (χ0n) is 11.6. The molecule has 0 aromatic carbocycles. The molecule has 96 valence electrons. The largest absolute Gasteiger partial charge is 0.354 e. The fourth-order valence-corrected chi connectivity index (χ4v) is 1.09. The van der Waals surface area contributed by atoms with Crippen LogP contribution in [0.4, 0.5) is 0 Å². The Balaban J connectivity index is 3.97. The highest BCUT2D eigenvalue weighted by Crippen LogP contribution is 2.08. The summed E-state index contributed by atoms with van der Waals surface area (Å²) in [4.78, 5) is 13.9. The summed E-state index contributed by atoms with van der Waals surface area (Å²) in [6.07, 6.45) is 0. The average Bonchev–Trinajstić information content (AvgIpc) is 2.22. The molecule has 2 N–H and O–H groups in total. The van der Waals surface area contributed by atoms with Crippen LogP contribution in [0, 0.1) is 5.92 Å². The van der Waals surface area contributed by atoms with Crippen molar-refractivity contribution in [3.63, 3.8) is 0 Å². The number of nitrogens with zero attached hydrogens (tertiary/aromatic N) is 1. The van der Waals surface area contributed by atoms with Gasteiger partial charge in [0.05, 0.1) is 0 Å². The first-order valence-electron chi connectivity index (χ1n) is 5.97. The van der Waals surface area contributed by atoms with E-state index in [4.69, 9.17) is 0 Å². The highest BCUT2D eigenvalue weighted by atomic mass is 16.1. The Hall–Kier alpha value is -0.610. The van der Waals surface area contributed by atoms with E-state index in [-0.39, 0.29) is 17.4 Å². The first-order valence-corrected chi connectivity index (χ1v) is 5.97. The van der Waals surface area contributed by atoms with Gasteiger partial charge in [0.25, 0.3) is 0 Å². The molecule has 0 heterocycles. The van der Waals surface area contributed by atoms with Crippen molar-refractivity contribution in [3.8, 4) is 0 Å². The molecule has 0 bridgehead atoms. The van der Waals surface area contributed by atoms with Gasteiger partial charge in [-0.15, -0.1) is 0 Å². The molecule has 16 heavy (non-hydrogen) atoms. The molecule has 4 heteroatoms. The quantitative estimate of drug-likeness (QED) is 0.675. The van der Waals surface area contributed by atoms with Gasteiger partial charge in [0, 0.05) is 24.5 Å². The van der Waals surface area contributed by atoms with Crippen LogP contribution in [-0.2, 0) is 4.79 Å². The fraction of sp³-hybridized carbons (Fsp3) is 0.917. The van der Waals surface area contributed by atoms with Gasteiger partial charge in [0.1, 0.15) is 0 Å². The van der Waals surface area contributed by atoms with E-state index in [0.717, 1.165) is 13.1 Å². The third-order valence-electron chi connectivity index (χ3n) is 3.05. The summed E-state index contributed by atoms with van der Waals surface area (Å²) in [5.74, 6) is 0.147. The minimum atomic E-state index is -0.00638. The smallest absolute Gasteiger partial charge is 0.224 e. The molecular weight excluding hydrogens is 202 g/mol. The van der Waals surface area contributed by atoms with Crippen molar-refractivity contribution in [1.82, 2.24) is 15.5 Å². The Kier molecular flexibility index (Phi) is 6.60. The summed E-state index contributed by atoms with van der Waals surface area (Å²) >= 11 is 0. The van der Waals surface area contributed by atoms with Crippen molar-refractivity contribution in [2.24, 2.45) is 5.92 Å². The molecule has 0 aliphatic rings. The van der Waals surface area contributed by atoms with Crippen molar-refractivity contribution in [1.29, 1.82) is 0 Å². The minimum absolute atomic E-state index is 0.00638. The van der Waals surface area contributed by atoms with Crippen LogP contribution in [0.25, 0.3) is 0 Å². The van der Waals surface area contributed by atoms with Gasteiger partial charge in [0.15, 0.2) is 0 Å². The van der Waals surface area contributed by atoms with Crippen LogP contribution in [0.1, 0.15) is 27.7 Å². The Morgan fingerprint density at radius 2 is 1.94 bits per heavy atom. The molecule has 0 aliphatic heterocycles. The van der Waals surface area contributed by atoms with E-state index in [2.05, 4.69) is 29.4 Å². The van der Waals surface area contributed by atoms with Crippen LogP contribution in [0.5, 0.6) is 0 Å². The molecule has 0 saturated heterocycles. The SMILES string of the molecule is CCNCC(C)C(=O)NCC(C)(C)N(C)C. The predicted molar refractivity (Wildman–Crippen MR) is 68.5 cm³/mol. The number of hydrogen-bond donors (Lipinski definition) is 2. The summed E-state index contributed by atoms with van der Waals surface area (Å²) in [7, 11) is 4.04. The number of rotatable bonds is 7. The fourth-order valence-electron chi connectivity index (χ4n) is 1.09. The molecule has 0 aromatic heterocycles. The van der Waals surface area contributed by atoms with Gasteiger partial charge in [-0.3, -0.25) is 4.79 Å². The number of carbonyl (C=O) groups excluding carboxylic acids is 1. The maximum absolute atomic E-state index is 11.7. The van der Waals surface area contributed by atoms with E-state index in [1.54, 1.807) is 0 Å². The van der Waals surface area contributed by atoms with Gasteiger partial charge < -0.3 is 15.5 Å². The minimum Gasteiger partial charge on any atom is -0.354 e. The van der Waals surface area contributed by atoms with E-state index in [1.807, 2.05) is 27.9 Å². The van der Waals surface area contributed by atoms with Crippen molar-refractivity contribution in [2.75, 3.05) is 33.7 Å². The van der Waals surface area contributed by atoms with E-state index in [9.17, 15) is 4.79 Å². The van der Waals surface area contributed by atoms with Crippen molar-refractivity contribution < 1.29 is 4.79 Å². The van der Waals surface area contributed by atoms with Gasteiger partial charge in [0.2, 0.25) is 5.91 Å². The summed E-state index contributed by atoms with van der Waals surface area (Å²) in [5.41, 5.74) is -0.00638. The number of amides is 1. The lowest BCUT2D eigenvalue weighted by atomic mass is 10.0. The predicted octanol–water partition coefficient (Wildman–Crippen LogP) is 0.688. The molecule has 0 aromatic rings. The second kappa shape index (κ2) is 6.86. The summed E-state index contributed by atoms with van der Waals surface area (Å²) in [6.45, 7) is 10.5. The lowest BCUT2D eigenvalue weighted by Crippen LogP contribution is -2.49. The molecule has 0 fully saturated rings. The number of carbonyl (C=O) groups is 1. The zero-order chi connectivity index (χ0) is 12.8. The molecule has 0 saturated carbocycles. The molecule has 0 radical (unpaired) electrons. The highest BCUT2D eigenvalue weighted by Gasteiger charge is 2.22. The van der Waals surface area contributed by atoms with Crippen LogP contribution < -0.4 is 10.6 Å². The van der Waals surface area contributed by atoms with Crippen molar-refractivity contribution in [3.05, 3.63) is 0 Å². The molecule has 1 unspecified atom stereocenters. The van der Waals surface area contributed by atoms with Gasteiger partial charge in [-0.25, -0.2) is 0 Å². The van der Waals surface area contributed by atoms with Crippen molar-refractivity contribution >= 4 is 5.91 Å². The second-order valence-electron chi connectivity index (χ2n) is 5.13. The van der Waals surface area contributed by atoms with Crippen LogP contribution in [-0.4, -0.2) is 50.1 Å².